The number of carbonyl (C=O) groups is 1. The van der Waals surface area contributed by atoms with Crippen molar-refractivity contribution in [1.29, 1.82) is 15.9 Å². The molecule has 8 nitrogen and oxygen atoms in total. The minimum Gasteiger partial charge on any atom is -0.507 e. The number of hydrogen-bond acceptors (Lipinski definition) is 7. The van der Waals surface area contributed by atoms with E-state index in [1.54, 1.807) is 6.07 Å². The number of nitrogens with one attached hydrogen (secondary N) is 2. The molecule has 20 heavy (non-hydrogen) atoms. The minimum atomic E-state index is -0.539. The number of amidine groups is 1. The van der Waals surface area contributed by atoms with Crippen molar-refractivity contribution in [3.63, 3.8) is 0 Å². The molecule has 100 valence electrons. The maximum absolute atomic E-state index is 11.2. The third kappa shape index (κ3) is 3.09. The molecule has 0 atom stereocenters. The molecule has 0 aromatic heterocycles. The lowest BCUT2D eigenvalue weighted by molar-refractivity contribution is 0.101. The van der Waals surface area contributed by atoms with Gasteiger partial charge >= 0.3 is 0 Å². The average Bonchev–Trinajstić information content (AvgIpc) is 2.38. The van der Waals surface area contributed by atoms with Gasteiger partial charge in [0.15, 0.2) is 11.6 Å². The van der Waals surface area contributed by atoms with Gasteiger partial charge in [0.1, 0.15) is 17.9 Å². The van der Waals surface area contributed by atoms with E-state index in [2.05, 4.69) is 10.5 Å². The highest BCUT2D eigenvalue weighted by Crippen LogP contribution is 2.26. The molecular formula is C12H10N6O2. The fourth-order valence-corrected chi connectivity index (χ4v) is 1.32. The number of hydrazone groups is 1. The highest BCUT2D eigenvalue weighted by atomic mass is 16.3. The van der Waals surface area contributed by atoms with E-state index in [0.717, 1.165) is 6.07 Å². The second-order valence-corrected chi connectivity index (χ2v) is 3.68. The Balaban J connectivity index is 3.25. The number of carbonyl (C=O) groups excluding carboxylic acids is 1. The number of hydrogen-bond donors (Lipinski definition) is 4. The zero-order chi connectivity index (χ0) is 15.3. The molecule has 0 heterocycles. The smallest absolute Gasteiger partial charge is 0.201 e. The number of rotatable bonds is 4. The molecule has 0 spiro atoms. The van der Waals surface area contributed by atoms with E-state index in [-0.39, 0.29) is 28.3 Å². The Morgan fingerprint density at radius 2 is 2.15 bits per heavy atom. The summed E-state index contributed by atoms with van der Waals surface area (Å²) in [6.45, 7) is 1.25. The predicted octanol–water partition coefficient (Wildman–Crippen LogP) is 0.694. The first-order chi connectivity index (χ1) is 9.40. The Morgan fingerprint density at radius 3 is 2.60 bits per heavy atom. The van der Waals surface area contributed by atoms with Crippen molar-refractivity contribution >= 4 is 23.0 Å². The molecule has 0 saturated heterocycles. The Hall–Kier alpha value is -3.39. The molecule has 5 N–H and O–H groups in total. The van der Waals surface area contributed by atoms with E-state index in [1.807, 2.05) is 6.07 Å². The average molecular weight is 270 g/mol. The Morgan fingerprint density at radius 1 is 1.50 bits per heavy atom. The number of anilines is 1. The zero-order valence-corrected chi connectivity index (χ0v) is 10.4. The molecule has 0 amide bonds. The Bertz CT molecular complexity index is 693. The Labute approximate surface area is 114 Å². The lowest BCUT2D eigenvalue weighted by Gasteiger charge is -2.07. The van der Waals surface area contributed by atoms with Gasteiger partial charge in [0.25, 0.3) is 0 Å². The van der Waals surface area contributed by atoms with Crippen LogP contribution in [0.25, 0.3) is 0 Å². The van der Waals surface area contributed by atoms with Crippen LogP contribution in [0.2, 0.25) is 0 Å². The highest BCUT2D eigenvalue weighted by molar-refractivity contribution is 6.45. The normalized spacial score (nSPS) is 10.2. The van der Waals surface area contributed by atoms with E-state index >= 15 is 0 Å². The number of nitrogens with zero attached hydrogens (tertiary/aromatic N) is 3. The van der Waals surface area contributed by atoms with Crippen molar-refractivity contribution < 1.29 is 9.90 Å². The number of phenols is 1. The van der Waals surface area contributed by atoms with E-state index in [4.69, 9.17) is 21.7 Å². The van der Waals surface area contributed by atoms with Crippen molar-refractivity contribution in [1.82, 2.24) is 0 Å². The molecule has 1 rings (SSSR count). The quantitative estimate of drug-likeness (QED) is 0.272. The molecule has 0 aliphatic heterocycles. The first-order valence-corrected chi connectivity index (χ1v) is 5.27. The summed E-state index contributed by atoms with van der Waals surface area (Å²) < 4.78 is 0. The summed E-state index contributed by atoms with van der Waals surface area (Å²) in [4.78, 5) is 11.2. The van der Waals surface area contributed by atoms with E-state index < -0.39 is 11.6 Å². The first-order valence-electron chi connectivity index (χ1n) is 5.27. The standard InChI is InChI=1S/C12H10N6O2/c1-6(19)8-2-7(4-13)9(3-11(8)20)17-18-10(5-14)12(15)16/h2-3,17,20H,1H3,(H3,15,16)/b18-10+. The van der Waals surface area contributed by atoms with Gasteiger partial charge in [-0.15, -0.1) is 0 Å². The van der Waals surface area contributed by atoms with Crippen molar-refractivity contribution in [3.05, 3.63) is 23.3 Å². The highest BCUT2D eigenvalue weighted by Gasteiger charge is 2.12. The lowest BCUT2D eigenvalue weighted by atomic mass is 10.1. The van der Waals surface area contributed by atoms with Crippen molar-refractivity contribution in [2.75, 3.05) is 5.43 Å². The van der Waals surface area contributed by atoms with Crippen LogP contribution in [0, 0.1) is 28.1 Å². The van der Waals surface area contributed by atoms with Crippen molar-refractivity contribution in [2.24, 2.45) is 10.8 Å². The molecule has 1 aromatic rings. The summed E-state index contributed by atoms with van der Waals surface area (Å²) in [5.74, 6) is -1.26. The third-order valence-electron chi connectivity index (χ3n) is 2.28. The van der Waals surface area contributed by atoms with Crippen LogP contribution in [0.5, 0.6) is 5.75 Å². The molecule has 0 aliphatic rings. The largest absolute Gasteiger partial charge is 0.507 e. The Kier molecular flexibility index (Phi) is 4.38. The number of aromatic hydroxyl groups is 1. The van der Waals surface area contributed by atoms with Gasteiger partial charge < -0.3 is 10.8 Å². The number of phenolic OH excluding ortho intramolecular Hbond substituents is 1. The summed E-state index contributed by atoms with van der Waals surface area (Å²) in [5, 5.41) is 37.9. The van der Waals surface area contributed by atoms with Crippen LogP contribution in [0.15, 0.2) is 17.2 Å². The van der Waals surface area contributed by atoms with Gasteiger partial charge in [0, 0.05) is 6.07 Å². The topological polar surface area (TPSA) is 159 Å². The molecule has 1 aromatic carbocycles. The van der Waals surface area contributed by atoms with Gasteiger partial charge in [0.05, 0.1) is 16.8 Å². The van der Waals surface area contributed by atoms with Gasteiger partial charge in [-0.1, -0.05) is 0 Å². The fraction of sp³-hybridized carbons (Fsp3) is 0.0833. The molecule has 0 radical (unpaired) electrons. The predicted molar refractivity (Wildman–Crippen MR) is 71.4 cm³/mol. The summed E-state index contributed by atoms with van der Waals surface area (Å²) >= 11 is 0. The second kappa shape index (κ2) is 5.98. The van der Waals surface area contributed by atoms with Crippen LogP contribution in [-0.4, -0.2) is 22.4 Å². The SMILES string of the molecule is CC(=O)c1cc(C#N)c(N/N=C(\C#N)C(=N)N)cc1O. The third-order valence-corrected chi connectivity index (χ3v) is 2.28. The first kappa shape index (κ1) is 14.7. The summed E-state index contributed by atoms with van der Waals surface area (Å²) in [6.07, 6.45) is 0. The summed E-state index contributed by atoms with van der Waals surface area (Å²) in [6, 6.07) is 5.75. The van der Waals surface area contributed by atoms with E-state index in [1.165, 1.54) is 13.0 Å². The van der Waals surface area contributed by atoms with E-state index in [9.17, 15) is 9.90 Å². The monoisotopic (exact) mass is 270 g/mol. The van der Waals surface area contributed by atoms with Gasteiger partial charge in [-0.3, -0.25) is 15.6 Å². The molecule has 8 heteroatoms. The van der Waals surface area contributed by atoms with Crippen LogP contribution >= 0.6 is 0 Å². The van der Waals surface area contributed by atoms with Crippen LogP contribution in [-0.2, 0) is 0 Å². The molecule has 0 bridgehead atoms. The number of nitriles is 2. The fourth-order valence-electron chi connectivity index (χ4n) is 1.32. The van der Waals surface area contributed by atoms with Gasteiger partial charge in [-0.25, -0.2) is 0 Å². The van der Waals surface area contributed by atoms with Crippen LogP contribution < -0.4 is 11.2 Å². The molecule has 0 unspecified atom stereocenters. The van der Waals surface area contributed by atoms with Gasteiger partial charge in [-0.05, 0) is 13.0 Å². The maximum Gasteiger partial charge on any atom is 0.201 e. The number of nitrogens with two attached hydrogens (primary N) is 1. The van der Waals surface area contributed by atoms with E-state index in [0.29, 0.717) is 0 Å². The van der Waals surface area contributed by atoms with Gasteiger partial charge in [0.2, 0.25) is 5.71 Å². The summed E-state index contributed by atoms with van der Waals surface area (Å²) in [5.41, 5.74) is 7.23. The molecule has 0 saturated carbocycles. The lowest BCUT2D eigenvalue weighted by Crippen LogP contribution is -2.22. The number of benzene rings is 1. The molecular weight excluding hydrogens is 260 g/mol. The molecule has 0 fully saturated rings. The zero-order valence-electron chi connectivity index (χ0n) is 10.4. The number of Topliss-reactive ketones (excluding diaryl/α,β-unsaturated/α-hetero) is 1. The van der Waals surface area contributed by atoms with Crippen LogP contribution in [0.1, 0.15) is 22.8 Å². The van der Waals surface area contributed by atoms with Crippen LogP contribution in [0.4, 0.5) is 5.69 Å². The molecule has 0 aliphatic carbocycles. The number of ketones is 1. The second-order valence-electron chi connectivity index (χ2n) is 3.68. The maximum atomic E-state index is 11.2. The van der Waals surface area contributed by atoms with Crippen molar-refractivity contribution in [3.8, 4) is 17.9 Å². The summed E-state index contributed by atoms with van der Waals surface area (Å²) in [7, 11) is 0. The van der Waals surface area contributed by atoms with Gasteiger partial charge in [-0.2, -0.15) is 15.6 Å². The minimum absolute atomic E-state index is 0.00292. The van der Waals surface area contributed by atoms with Crippen molar-refractivity contribution in [2.45, 2.75) is 6.92 Å². The van der Waals surface area contributed by atoms with Crippen LogP contribution in [0.3, 0.4) is 0 Å².